The highest BCUT2D eigenvalue weighted by atomic mass is 79.9. The maximum atomic E-state index is 6.37. The van der Waals surface area contributed by atoms with Crippen LogP contribution in [-0.2, 0) is 0 Å². The molecule has 1 atom stereocenters. The van der Waals surface area contributed by atoms with Gasteiger partial charge in [-0.2, -0.15) is 0 Å². The zero-order valence-electron chi connectivity index (χ0n) is 10.7. The van der Waals surface area contributed by atoms with Gasteiger partial charge in [-0.05, 0) is 47.4 Å². The largest absolute Gasteiger partial charge is 0.309 e. The Labute approximate surface area is 136 Å². The summed E-state index contributed by atoms with van der Waals surface area (Å²) in [6.45, 7) is 1.05. The first-order valence-electron chi connectivity index (χ1n) is 6.58. The van der Waals surface area contributed by atoms with E-state index >= 15 is 0 Å². The molecule has 0 saturated carbocycles. The standard InChI is InChI=1S/C14H14BrCl2N3/c15-9-4-5-11(14(17)13(9)16)20-8-18-7-12(20)10-3-1-2-6-19-10/h4-5,7-8,10,19H,1-3,6H2. The first-order chi connectivity index (χ1) is 9.68. The average molecular weight is 375 g/mol. The molecular weight excluding hydrogens is 361 g/mol. The van der Waals surface area contributed by atoms with Gasteiger partial charge in [0.25, 0.3) is 0 Å². The molecular formula is C14H14BrCl2N3. The van der Waals surface area contributed by atoms with E-state index in [1.54, 1.807) is 6.33 Å². The molecule has 3 rings (SSSR count). The molecule has 1 aliphatic rings. The molecule has 0 bridgehead atoms. The lowest BCUT2D eigenvalue weighted by Gasteiger charge is -2.24. The summed E-state index contributed by atoms with van der Waals surface area (Å²) in [7, 11) is 0. The Kier molecular flexibility index (Phi) is 4.36. The number of piperidine rings is 1. The number of rotatable bonds is 2. The van der Waals surface area contributed by atoms with E-state index in [0.29, 0.717) is 16.1 Å². The highest BCUT2D eigenvalue weighted by molar-refractivity contribution is 9.10. The van der Waals surface area contributed by atoms with Crippen LogP contribution in [-0.4, -0.2) is 16.1 Å². The van der Waals surface area contributed by atoms with Gasteiger partial charge in [0.15, 0.2) is 0 Å². The topological polar surface area (TPSA) is 29.9 Å². The van der Waals surface area contributed by atoms with E-state index in [-0.39, 0.29) is 0 Å². The fourth-order valence-electron chi connectivity index (χ4n) is 2.57. The zero-order valence-corrected chi connectivity index (χ0v) is 13.8. The summed E-state index contributed by atoms with van der Waals surface area (Å²) >= 11 is 16.0. The van der Waals surface area contributed by atoms with Gasteiger partial charge in [0.05, 0.1) is 34.0 Å². The molecule has 2 heterocycles. The monoisotopic (exact) mass is 373 g/mol. The second-order valence-corrected chi connectivity index (χ2v) is 6.50. The maximum Gasteiger partial charge on any atom is 0.0995 e. The molecule has 1 unspecified atom stereocenters. The SMILES string of the molecule is Clc1c(Br)ccc(-n2cncc2C2CCCCN2)c1Cl. The minimum Gasteiger partial charge on any atom is -0.309 e. The third-order valence-electron chi connectivity index (χ3n) is 3.61. The molecule has 6 heteroatoms. The highest BCUT2D eigenvalue weighted by Crippen LogP contribution is 2.36. The molecule has 1 saturated heterocycles. The van der Waals surface area contributed by atoms with E-state index in [1.165, 1.54) is 12.8 Å². The molecule has 106 valence electrons. The van der Waals surface area contributed by atoms with Crippen molar-refractivity contribution in [3.63, 3.8) is 0 Å². The van der Waals surface area contributed by atoms with Crippen LogP contribution in [0.15, 0.2) is 29.1 Å². The van der Waals surface area contributed by atoms with Gasteiger partial charge in [0.2, 0.25) is 0 Å². The molecule has 0 radical (unpaired) electrons. The van der Waals surface area contributed by atoms with Gasteiger partial charge in [0.1, 0.15) is 0 Å². The summed E-state index contributed by atoms with van der Waals surface area (Å²) in [5.74, 6) is 0. The summed E-state index contributed by atoms with van der Waals surface area (Å²) in [4.78, 5) is 4.28. The predicted octanol–water partition coefficient (Wildman–Crippen LogP) is 4.76. The summed E-state index contributed by atoms with van der Waals surface area (Å²) in [5.41, 5.74) is 1.99. The fourth-order valence-corrected chi connectivity index (χ4v) is 3.43. The van der Waals surface area contributed by atoms with Crippen molar-refractivity contribution in [2.75, 3.05) is 6.54 Å². The van der Waals surface area contributed by atoms with E-state index in [9.17, 15) is 0 Å². The first kappa shape index (κ1) is 14.4. The number of benzene rings is 1. The van der Waals surface area contributed by atoms with Crippen LogP contribution in [0.25, 0.3) is 5.69 Å². The van der Waals surface area contributed by atoms with Crippen molar-refractivity contribution in [1.82, 2.24) is 14.9 Å². The number of nitrogens with one attached hydrogen (secondary N) is 1. The Balaban J connectivity index is 2.03. The zero-order chi connectivity index (χ0) is 14.1. The van der Waals surface area contributed by atoms with Crippen molar-refractivity contribution < 1.29 is 0 Å². The van der Waals surface area contributed by atoms with Crippen molar-refractivity contribution in [1.29, 1.82) is 0 Å². The summed E-state index contributed by atoms with van der Waals surface area (Å²) in [5, 5.41) is 4.60. The van der Waals surface area contributed by atoms with Gasteiger partial charge in [-0.25, -0.2) is 4.98 Å². The van der Waals surface area contributed by atoms with Crippen LogP contribution in [0, 0.1) is 0 Å². The highest BCUT2D eigenvalue weighted by Gasteiger charge is 2.20. The normalized spacial score (nSPS) is 19.2. The molecule has 1 aromatic heterocycles. The molecule has 1 fully saturated rings. The number of halogens is 3. The Morgan fingerprint density at radius 1 is 1.25 bits per heavy atom. The van der Waals surface area contributed by atoms with Crippen LogP contribution in [0.3, 0.4) is 0 Å². The van der Waals surface area contributed by atoms with E-state index in [4.69, 9.17) is 23.2 Å². The Hall–Kier alpha value is -0.550. The van der Waals surface area contributed by atoms with Crippen molar-refractivity contribution in [2.45, 2.75) is 25.3 Å². The predicted molar refractivity (Wildman–Crippen MR) is 85.9 cm³/mol. The molecule has 1 aromatic carbocycles. The summed E-state index contributed by atoms with van der Waals surface area (Å²) in [6.07, 6.45) is 7.27. The third kappa shape index (κ3) is 2.62. The quantitative estimate of drug-likeness (QED) is 0.768. The summed E-state index contributed by atoms with van der Waals surface area (Å²) < 4.78 is 2.81. The van der Waals surface area contributed by atoms with Crippen molar-refractivity contribution in [3.8, 4) is 5.69 Å². The second kappa shape index (κ2) is 6.06. The fraction of sp³-hybridized carbons (Fsp3) is 0.357. The van der Waals surface area contributed by atoms with E-state index in [2.05, 4.69) is 26.2 Å². The molecule has 20 heavy (non-hydrogen) atoms. The number of hydrogen-bond acceptors (Lipinski definition) is 2. The van der Waals surface area contributed by atoms with E-state index in [0.717, 1.165) is 28.8 Å². The number of imidazole rings is 1. The van der Waals surface area contributed by atoms with Crippen LogP contribution in [0.4, 0.5) is 0 Å². The molecule has 0 amide bonds. The van der Waals surface area contributed by atoms with Crippen molar-refractivity contribution in [2.24, 2.45) is 0 Å². The lowest BCUT2D eigenvalue weighted by Crippen LogP contribution is -2.28. The maximum absolute atomic E-state index is 6.37. The van der Waals surface area contributed by atoms with Gasteiger partial charge in [-0.1, -0.05) is 29.6 Å². The average Bonchev–Trinajstić information content (AvgIpc) is 2.95. The molecule has 1 aliphatic heterocycles. The van der Waals surface area contributed by atoms with Crippen LogP contribution in [0.2, 0.25) is 10.0 Å². The van der Waals surface area contributed by atoms with Crippen LogP contribution < -0.4 is 5.32 Å². The van der Waals surface area contributed by atoms with Gasteiger partial charge in [0, 0.05) is 10.5 Å². The minimum atomic E-state index is 0.324. The molecule has 3 nitrogen and oxygen atoms in total. The van der Waals surface area contributed by atoms with E-state index in [1.807, 2.05) is 22.9 Å². The molecule has 2 aromatic rings. The molecule has 1 N–H and O–H groups in total. The van der Waals surface area contributed by atoms with Gasteiger partial charge in [-0.15, -0.1) is 0 Å². The third-order valence-corrected chi connectivity index (χ3v) is 5.37. The van der Waals surface area contributed by atoms with Crippen LogP contribution in [0.5, 0.6) is 0 Å². The number of aromatic nitrogens is 2. The summed E-state index contributed by atoms with van der Waals surface area (Å²) in [6, 6.07) is 4.18. The smallest absolute Gasteiger partial charge is 0.0995 e. The minimum absolute atomic E-state index is 0.324. The first-order valence-corrected chi connectivity index (χ1v) is 8.13. The Bertz CT molecular complexity index is 621. The van der Waals surface area contributed by atoms with Crippen LogP contribution in [0.1, 0.15) is 31.0 Å². The van der Waals surface area contributed by atoms with Crippen molar-refractivity contribution >= 4 is 39.1 Å². The molecule has 0 spiro atoms. The van der Waals surface area contributed by atoms with Gasteiger partial charge in [-0.3, -0.25) is 0 Å². The van der Waals surface area contributed by atoms with E-state index < -0.39 is 0 Å². The second-order valence-electron chi connectivity index (χ2n) is 4.89. The van der Waals surface area contributed by atoms with Crippen molar-refractivity contribution in [3.05, 3.63) is 44.9 Å². The van der Waals surface area contributed by atoms with Gasteiger partial charge >= 0.3 is 0 Å². The molecule has 0 aliphatic carbocycles. The van der Waals surface area contributed by atoms with Gasteiger partial charge < -0.3 is 9.88 Å². The van der Waals surface area contributed by atoms with Crippen LogP contribution >= 0.6 is 39.1 Å². The number of nitrogens with zero attached hydrogens (tertiary/aromatic N) is 2. The lowest BCUT2D eigenvalue weighted by molar-refractivity contribution is 0.402. The lowest BCUT2D eigenvalue weighted by atomic mass is 10.0. The Morgan fingerprint density at radius 3 is 2.85 bits per heavy atom. The number of hydrogen-bond donors (Lipinski definition) is 1. The Morgan fingerprint density at radius 2 is 2.10 bits per heavy atom.